The van der Waals surface area contributed by atoms with Gasteiger partial charge in [-0.2, -0.15) is 0 Å². The smallest absolute Gasteiger partial charge is 0.264 e. The molecular weight excluding hydrogens is 568 g/mol. The quantitative estimate of drug-likeness (QED) is 0.296. The van der Waals surface area contributed by atoms with Crippen molar-refractivity contribution in [3.05, 3.63) is 47.5 Å². The van der Waals surface area contributed by atoms with Gasteiger partial charge in [-0.15, -0.1) is 12.3 Å². The molecule has 2 aliphatic rings. The van der Waals surface area contributed by atoms with Crippen LogP contribution in [0.3, 0.4) is 0 Å². The minimum atomic E-state index is -4.01. The van der Waals surface area contributed by atoms with E-state index in [4.69, 9.17) is 16.9 Å². The predicted molar refractivity (Wildman–Crippen MR) is 165 cm³/mol. The van der Waals surface area contributed by atoms with Crippen molar-refractivity contribution in [3.8, 4) is 23.8 Å². The number of likely N-dealkylation sites (tertiary alicyclic amines) is 1. The van der Waals surface area contributed by atoms with Crippen molar-refractivity contribution in [3.63, 3.8) is 0 Å². The number of hydrogen-bond acceptors (Lipinski definition) is 7. The SMILES string of the molecule is C#CC[C@H](C(N)=O)C(CC)NC(=O)C1CCCN1Cc1cccc(N(CC(C)C)S(=O)(=O)c2ccc3c(c2)CCO3)c1O. The van der Waals surface area contributed by atoms with Crippen molar-refractivity contribution in [1.82, 2.24) is 10.2 Å². The second kappa shape index (κ2) is 13.7. The number of anilines is 1. The number of fused-ring (bicyclic) bond motifs is 1. The van der Waals surface area contributed by atoms with Gasteiger partial charge >= 0.3 is 0 Å². The van der Waals surface area contributed by atoms with Gasteiger partial charge < -0.3 is 20.9 Å². The predicted octanol–water partition coefficient (Wildman–Crippen LogP) is 3.16. The van der Waals surface area contributed by atoms with E-state index < -0.39 is 33.9 Å². The number of primary amides is 1. The van der Waals surface area contributed by atoms with Crippen molar-refractivity contribution >= 4 is 27.5 Å². The highest BCUT2D eigenvalue weighted by Crippen LogP contribution is 2.38. The molecule has 0 bridgehead atoms. The standard InChI is InChI=1S/C32H42N4O6S/c1-5-9-25(31(33)38)26(6-2)34-32(39)28-12-8-16-35(28)20-23-10-7-11-27(30(23)37)36(19-21(3)4)43(40,41)24-13-14-29-22(18-24)15-17-42-29/h1,7,10-11,13-14,18,21,25-26,28,37H,6,8-9,12,15-17,19-20H2,2-4H3,(H2,33,38)(H,34,39)/t25-,26?,28?/m0/s1. The zero-order valence-corrected chi connectivity index (χ0v) is 25.9. The molecule has 43 heavy (non-hydrogen) atoms. The van der Waals surface area contributed by atoms with Crippen molar-refractivity contribution in [2.45, 2.75) is 76.4 Å². The lowest BCUT2D eigenvalue weighted by Gasteiger charge is -2.30. The number of benzene rings is 2. The topological polar surface area (TPSA) is 142 Å². The Balaban J connectivity index is 1.58. The van der Waals surface area contributed by atoms with Crippen molar-refractivity contribution < 1.29 is 27.9 Å². The number of terminal acetylenes is 1. The summed E-state index contributed by atoms with van der Waals surface area (Å²) in [5.41, 5.74) is 7.10. The Morgan fingerprint density at radius 3 is 2.72 bits per heavy atom. The average Bonchev–Trinajstić information content (AvgIpc) is 3.63. The van der Waals surface area contributed by atoms with E-state index >= 15 is 0 Å². The lowest BCUT2D eigenvalue weighted by atomic mass is 9.93. The summed E-state index contributed by atoms with van der Waals surface area (Å²) in [7, 11) is -4.01. The van der Waals surface area contributed by atoms with Crippen LogP contribution in [-0.2, 0) is 32.6 Å². The molecule has 2 amide bonds. The highest BCUT2D eigenvalue weighted by atomic mass is 32.2. The normalized spacial score (nSPS) is 18.0. The summed E-state index contributed by atoms with van der Waals surface area (Å²) in [6.07, 6.45) is 8.08. The fraction of sp³-hybridized carbons (Fsp3) is 0.500. The molecule has 11 heteroatoms. The molecule has 0 aliphatic carbocycles. The number of hydrogen-bond donors (Lipinski definition) is 3. The van der Waals surface area contributed by atoms with Crippen LogP contribution in [0.25, 0.3) is 0 Å². The number of carbonyl (C=O) groups is 2. The van der Waals surface area contributed by atoms with Gasteiger partial charge in [0, 0.05) is 37.5 Å². The van der Waals surface area contributed by atoms with Crippen LogP contribution in [0.15, 0.2) is 41.3 Å². The van der Waals surface area contributed by atoms with E-state index in [1.54, 1.807) is 30.3 Å². The molecule has 2 aromatic carbocycles. The number of phenolic OH excluding ortho intramolecular Hbond substituents is 1. The van der Waals surface area contributed by atoms with Crippen LogP contribution in [0.4, 0.5) is 5.69 Å². The number of aromatic hydroxyl groups is 1. The number of rotatable bonds is 13. The molecule has 1 saturated heterocycles. The summed E-state index contributed by atoms with van der Waals surface area (Å²) in [6, 6.07) is 8.96. The summed E-state index contributed by atoms with van der Waals surface area (Å²) < 4.78 is 34.7. The van der Waals surface area contributed by atoms with E-state index in [-0.39, 0.29) is 47.7 Å². The molecule has 4 rings (SSSR count). The summed E-state index contributed by atoms with van der Waals surface area (Å²) >= 11 is 0. The molecule has 3 atom stereocenters. The zero-order valence-electron chi connectivity index (χ0n) is 25.1. The number of para-hydroxylation sites is 1. The van der Waals surface area contributed by atoms with Gasteiger partial charge in [0.25, 0.3) is 10.0 Å². The van der Waals surface area contributed by atoms with Gasteiger partial charge in [0.1, 0.15) is 11.5 Å². The monoisotopic (exact) mass is 610 g/mol. The highest BCUT2D eigenvalue weighted by Gasteiger charge is 2.35. The van der Waals surface area contributed by atoms with Gasteiger partial charge in [-0.25, -0.2) is 8.42 Å². The van der Waals surface area contributed by atoms with Crippen LogP contribution >= 0.6 is 0 Å². The average molecular weight is 611 g/mol. The van der Waals surface area contributed by atoms with Crippen molar-refractivity contribution in [2.24, 2.45) is 17.6 Å². The van der Waals surface area contributed by atoms with Gasteiger partial charge in [0.15, 0.2) is 0 Å². The Morgan fingerprint density at radius 2 is 2.05 bits per heavy atom. The maximum atomic E-state index is 14.0. The van der Waals surface area contributed by atoms with Crippen molar-refractivity contribution in [2.75, 3.05) is 24.0 Å². The fourth-order valence-corrected chi connectivity index (χ4v) is 7.57. The van der Waals surface area contributed by atoms with Crippen LogP contribution < -0.4 is 20.1 Å². The Morgan fingerprint density at radius 1 is 1.28 bits per heavy atom. The maximum absolute atomic E-state index is 14.0. The molecule has 2 aliphatic heterocycles. The number of nitrogens with zero attached hydrogens (tertiary/aromatic N) is 2. The summed E-state index contributed by atoms with van der Waals surface area (Å²) in [5.74, 6) is 1.55. The summed E-state index contributed by atoms with van der Waals surface area (Å²) in [6.45, 7) is 7.24. The number of nitrogens with one attached hydrogen (secondary N) is 1. The molecule has 0 saturated carbocycles. The molecule has 232 valence electrons. The minimum absolute atomic E-state index is 0.0209. The first-order chi connectivity index (χ1) is 20.5. The van der Waals surface area contributed by atoms with E-state index in [1.807, 2.05) is 25.7 Å². The molecule has 4 N–H and O–H groups in total. The van der Waals surface area contributed by atoms with E-state index in [0.717, 1.165) is 12.0 Å². The largest absolute Gasteiger partial charge is 0.505 e. The van der Waals surface area contributed by atoms with E-state index in [2.05, 4.69) is 11.2 Å². The van der Waals surface area contributed by atoms with Crippen LogP contribution in [0.2, 0.25) is 0 Å². The molecule has 0 aromatic heterocycles. The van der Waals surface area contributed by atoms with Crippen LogP contribution in [0, 0.1) is 24.2 Å². The Kier molecular flexibility index (Phi) is 10.2. The zero-order chi connectivity index (χ0) is 31.3. The number of carbonyl (C=O) groups excluding carboxylic acids is 2. The van der Waals surface area contributed by atoms with Crippen LogP contribution in [0.5, 0.6) is 11.5 Å². The third-order valence-electron chi connectivity index (χ3n) is 8.14. The Bertz CT molecular complexity index is 1490. The minimum Gasteiger partial charge on any atom is -0.505 e. The van der Waals surface area contributed by atoms with Gasteiger partial charge in [-0.1, -0.05) is 32.9 Å². The molecule has 2 heterocycles. The molecule has 10 nitrogen and oxygen atoms in total. The number of phenols is 1. The highest BCUT2D eigenvalue weighted by molar-refractivity contribution is 7.92. The van der Waals surface area contributed by atoms with Crippen LogP contribution in [0.1, 0.15) is 57.6 Å². The molecule has 2 aromatic rings. The second-order valence-corrected chi connectivity index (χ2v) is 13.5. The van der Waals surface area contributed by atoms with Crippen LogP contribution in [-0.4, -0.2) is 62.0 Å². The number of sulfonamides is 1. The molecule has 1 fully saturated rings. The summed E-state index contributed by atoms with van der Waals surface area (Å²) in [5, 5.41) is 14.5. The molecule has 2 unspecified atom stereocenters. The Labute approximate surface area is 254 Å². The summed E-state index contributed by atoms with van der Waals surface area (Å²) in [4.78, 5) is 27.5. The van der Waals surface area contributed by atoms with Gasteiger partial charge in [0.2, 0.25) is 11.8 Å². The van der Waals surface area contributed by atoms with Gasteiger partial charge in [-0.3, -0.25) is 18.8 Å². The van der Waals surface area contributed by atoms with E-state index in [0.29, 0.717) is 43.7 Å². The third-order valence-corrected chi connectivity index (χ3v) is 9.92. The molecular formula is C32H42N4O6S. The third kappa shape index (κ3) is 7.08. The Hall–Kier alpha value is -3.75. The molecule has 0 spiro atoms. The maximum Gasteiger partial charge on any atom is 0.264 e. The van der Waals surface area contributed by atoms with E-state index in [1.165, 1.54) is 10.4 Å². The van der Waals surface area contributed by atoms with Crippen molar-refractivity contribution in [1.29, 1.82) is 0 Å². The van der Waals surface area contributed by atoms with E-state index in [9.17, 15) is 23.1 Å². The fourth-order valence-electron chi connectivity index (χ4n) is 5.88. The lowest BCUT2D eigenvalue weighted by molar-refractivity contribution is -0.128. The first-order valence-corrected chi connectivity index (χ1v) is 16.3. The number of ether oxygens (including phenoxy) is 1. The second-order valence-electron chi connectivity index (χ2n) is 11.7. The van der Waals surface area contributed by atoms with Gasteiger partial charge in [-0.05, 0) is 61.6 Å². The number of amides is 2. The lowest BCUT2D eigenvalue weighted by Crippen LogP contribution is -2.51. The van der Waals surface area contributed by atoms with Gasteiger partial charge in [0.05, 0.1) is 29.1 Å². The first kappa shape index (κ1) is 32.2. The molecule has 0 radical (unpaired) electrons. The first-order valence-electron chi connectivity index (χ1n) is 14.8. The number of nitrogens with two attached hydrogens (primary N) is 1.